The van der Waals surface area contributed by atoms with Crippen molar-refractivity contribution in [3.63, 3.8) is 0 Å². The summed E-state index contributed by atoms with van der Waals surface area (Å²) >= 11 is 0. The molecule has 0 aliphatic rings. The van der Waals surface area contributed by atoms with Gasteiger partial charge in [-0.1, -0.05) is 47.5 Å². The Bertz CT molecular complexity index is 1090. The highest BCUT2D eigenvalue weighted by molar-refractivity contribution is 5.98. The molecule has 3 aromatic rings. The van der Waals surface area contributed by atoms with Crippen LogP contribution in [0.25, 0.3) is 0 Å². The molecule has 0 fully saturated rings. The molecule has 6 nitrogen and oxygen atoms in total. The van der Waals surface area contributed by atoms with Crippen LogP contribution < -0.4 is 10.6 Å². The molecule has 0 radical (unpaired) electrons. The molecular formula is C25H23FN2O4. The molecule has 0 aliphatic heterocycles. The van der Waals surface area contributed by atoms with Crippen LogP contribution in [0.3, 0.4) is 0 Å². The Balaban J connectivity index is 1.67. The van der Waals surface area contributed by atoms with Crippen LogP contribution in [0.4, 0.5) is 10.1 Å². The van der Waals surface area contributed by atoms with Crippen molar-refractivity contribution in [2.24, 2.45) is 0 Å². The molecule has 2 N–H and O–H groups in total. The van der Waals surface area contributed by atoms with Crippen molar-refractivity contribution in [3.05, 3.63) is 101 Å². The number of esters is 1. The molecule has 0 saturated heterocycles. The number of nitrogens with one attached hydrogen (secondary N) is 2. The first kappa shape index (κ1) is 22.7. The molecule has 32 heavy (non-hydrogen) atoms. The number of rotatable bonds is 7. The van der Waals surface area contributed by atoms with Gasteiger partial charge in [0.1, 0.15) is 12.4 Å². The number of carbonyl (C=O) groups excluding carboxylic acids is 3. The summed E-state index contributed by atoms with van der Waals surface area (Å²) in [6.45, 7) is 3.35. The predicted octanol–water partition coefficient (Wildman–Crippen LogP) is 4.10. The number of ether oxygens (including phenoxy) is 1. The summed E-state index contributed by atoms with van der Waals surface area (Å²) in [6.07, 6.45) is -1.24. The second-order valence-corrected chi connectivity index (χ2v) is 7.34. The van der Waals surface area contributed by atoms with Crippen molar-refractivity contribution in [2.75, 3.05) is 11.9 Å². The van der Waals surface area contributed by atoms with Crippen LogP contribution in [-0.4, -0.2) is 24.3 Å². The minimum Gasteiger partial charge on any atom is -0.446 e. The number of hydrogen-bond acceptors (Lipinski definition) is 4. The molecule has 2 amide bonds. The number of halogens is 1. The zero-order chi connectivity index (χ0) is 23.1. The zero-order valence-electron chi connectivity index (χ0n) is 17.7. The van der Waals surface area contributed by atoms with Crippen LogP contribution in [0, 0.1) is 19.7 Å². The van der Waals surface area contributed by atoms with Crippen molar-refractivity contribution in [2.45, 2.75) is 20.0 Å². The Kier molecular flexibility index (Phi) is 7.33. The van der Waals surface area contributed by atoms with E-state index in [9.17, 15) is 18.8 Å². The van der Waals surface area contributed by atoms with Gasteiger partial charge in [-0.2, -0.15) is 0 Å². The highest BCUT2D eigenvalue weighted by atomic mass is 19.1. The molecule has 1 atom stereocenters. The summed E-state index contributed by atoms with van der Waals surface area (Å²) in [5.41, 5.74) is 3.11. The lowest BCUT2D eigenvalue weighted by Gasteiger charge is -2.18. The lowest BCUT2D eigenvalue weighted by atomic mass is 10.1. The van der Waals surface area contributed by atoms with Crippen LogP contribution in [0.15, 0.2) is 72.8 Å². The Hall–Kier alpha value is -4.00. The fraction of sp³-hybridized carbons (Fsp3) is 0.160. The topological polar surface area (TPSA) is 84.5 Å². The summed E-state index contributed by atoms with van der Waals surface area (Å²) in [7, 11) is 0. The van der Waals surface area contributed by atoms with Gasteiger partial charge in [0.2, 0.25) is 6.10 Å². The molecule has 0 spiro atoms. The predicted molar refractivity (Wildman–Crippen MR) is 119 cm³/mol. The van der Waals surface area contributed by atoms with Crippen LogP contribution in [0.2, 0.25) is 0 Å². The summed E-state index contributed by atoms with van der Waals surface area (Å²) in [4.78, 5) is 37.6. The van der Waals surface area contributed by atoms with E-state index in [2.05, 4.69) is 10.6 Å². The van der Waals surface area contributed by atoms with E-state index >= 15 is 0 Å². The number of benzene rings is 3. The smallest absolute Gasteiger partial charge is 0.326 e. The molecule has 1 unspecified atom stereocenters. The largest absolute Gasteiger partial charge is 0.446 e. The fourth-order valence-corrected chi connectivity index (χ4v) is 3.18. The average Bonchev–Trinajstić information content (AvgIpc) is 2.77. The van der Waals surface area contributed by atoms with Crippen molar-refractivity contribution in [1.29, 1.82) is 0 Å². The Morgan fingerprint density at radius 1 is 0.906 bits per heavy atom. The van der Waals surface area contributed by atoms with Gasteiger partial charge in [-0.25, -0.2) is 4.39 Å². The number of aryl methyl sites for hydroxylation is 2. The lowest BCUT2D eigenvalue weighted by molar-refractivity contribution is -0.153. The van der Waals surface area contributed by atoms with Crippen LogP contribution >= 0.6 is 0 Å². The maximum atomic E-state index is 13.1. The summed E-state index contributed by atoms with van der Waals surface area (Å²) in [5, 5.41) is 5.12. The first-order valence-corrected chi connectivity index (χ1v) is 9.99. The van der Waals surface area contributed by atoms with Gasteiger partial charge in [0.15, 0.2) is 0 Å². The Morgan fingerprint density at radius 3 is 2.16 bits per heavy atom. The highest BCUT2D eigenvalue weighted by Gasteiger charge is 2.25. The van der Waals surface area contributed by atoms with E-state index in [1.54, 1.807) is 42.5 Å². The third kappa shape index (κ3) is 6.25. The van der Waals surface area contributed by atoms with E-state index in [1.807, 2.05) is 19.9 Å². The van der Waals surface area contributed by atoms with Crippen molar-refractivity contribution < 1.29 is 23.5 Å². The van der Waals surface area contributed by atoms with E-state index < -0.39 is 36.2 Å². The third-order valence-electron chi connectivity index (χ3n) is 4.58. The lowest BCUT2D eigenvalue weighted by Crippen LogP contribution is -2.33. The molecule has 7 heteroatoms. The first-order valence-electron chi connectivity index (χ1n) is 9.99. The minimum atomic E-state index is -1.24. The fourth-order valence-electron chi connectivity index (χ4n) is 3.18. The maximum Gasteiger partial charge on any atom is 0.326 e. The molecular weight excluding hydrogens is 411 g/mol. The standard InChI is InChI=1S/C25H23FN2O4/c1-16-12-17(2)14-19(13-16)24(30)27-15-22(29)32-23(18-6-4-3-5-7-18)25(31)28-21-10-8-20(26)9-11-21/h3-14,23H,15H2,1-2H3,(H,27,30)(H,28,31). The maximum absolute atomic E-state index is 13.1. The number of amides is 2. The van der Waals surface area contributed by atoms with Gasteiger partial charge in [0.05, 0.1) is 0 Å². The van der Waals surface area contributed by atoms with Gasteiger partial charge in [0, 0.05) is 16.8 Å². The van der Waals surface area contributed by atoms with Crippen LogP contribution in [0.1, 0.15) is 33.2 Å². The summed E-state index contributed by atoms with van der Waals surface area (Å²) in [6, 6.07) is 19.1. The first-order chi connectivity index (χ1) is 15.3. The van der Waals surface area contributed by atoms with Crippen LogP contribution in [0.5, 0.6) is 0 Å². The van der Waals surface area contributed by atoms with Gasteiger partial charge >= 0.3 is 5.97 Å². The van der Waals surface area contributed by atoms with Crippen molar-refractivity contribution in [1.82, 2.24) is 5.32 Å². The van der Waals surface area contributed by atoms with E-state index in [4.69, 9.17) is 4.74 Å². The van der Waals surface area contributed by atoms with Gasteiger partial charge in [-0.15, -0.1) is 0 Å². The highest BCUT2D eigenvalue weighted by Crippen LogP contribution is 2.20. The van der Waals surface area contributed by atoms with Crippen LogP contribution in [-0.2, 0) is 14.3 Å². The molecule has 0 aromatic heterocycles. The van der Waals surface area contributed by atoms with Crippen molar-refractivity contribution in [3.8, 4) is 0 Å². The number of anilines is 1. The van der Waals surface area contributed by atoms with E-state index in [0.717, 1.165) is 11.1 Å². The minimum absolute atomic E-state index is 0.358. The summed E-state index contributed by atoms with van der Waals surface area (Å²) in [5.74, 6) is -2.23. The second kappa shape index (κ2) is 10.3. The van der Waals surface area contributed by atoms with Gasteiger partial charge in [-0.3, -0.25) is 14.4 Å². The van der Waals surface area contributed by atoms with E-state index in [0.29, 0.717) is 16.8 Å². The molecule has 0 aliphatic carbocycles. The molecule has 0 bridgehead atoms. The average molecular weight is 434 g/mol. The molecule has 0 saturated carbocycles. The SMILES string of the molecule is Cc1cc(C)cc(C(=O)NCC(=O)OC(C(=O)Nc2ccc(F)cc2)c2ccccc2)c1. The number of carbonyl (C=O) groups is 3. The Morgan fingerprint density at radius 2 is 1.53 bits per heavy atom. The van der Waals surface area contributed by atoms with Gasteiger partial charge in [-0.05, 0) is 50.2 Å². The molecule has 164 valence electrons. The monoisotopic (exact) mass is 434 g/mol. The quantitative estimate of drug-likeness (QED) is 0.549. The van der Waals surface area contributed by atoms with E-state index in [-0.39, 0.29) is 0 Å². The van der Waals surface area contributed by atoms with Gasteiger partial charge in [0.25, 0.3) is 11.8 Å². The normalized spacial score (nSPS) is 11.3. The van der Waals surface area contributed by atoms with Crippen molar-refractivity contribution >= 4 is 23.5 Å². The van der Waals surface area contributed by atoms with E-state index in [1.165, 1.54) is 24.3 Å². The Labute approximate surface area is 185 Å². The zero-order valence-corrected chi connectivity index (χ0v) is 17.7. The third-order valence-corrected chi connectivity index (χ3v) is 4.58. The second-order valence-electron chi connectivity index (χ2n) is 7.34. The molecule has 0 heterocycles. The number of hydrogen-bond donors (Lipinski definition) is 2. The van der Waals surface area contributed by atoms with Gasteiger partial charge < -0.3 is 15.4 Å². The summed E-state index contributed by atoms with van der Waals surface area (Å²) < 4.78 is 18.5. The molecule has 3 rings (SSSR count). The molecule has 3 aromatic carbocycles.